The minimum atomic E-state index is -3.36. The van der Waals surface area contributed by atoms with Crippen LogP contribution in [0.2, 0.25) is 0 Å². The molecule has 0 bridgehead atoms. The molecule has 0 spiro atoms. The Morgan fingerprint density at radius 3 is 2.56 bits per heavy atom. The smallest absolute Gasteiger partial charge is 0.322 e. The highest BCUT2D eigenvalue weighted by molar-refractivity contribution is 6.03. The van der Waals surface area contributed by atoms with Crippen molar-refractivity contribution in [2.24, 2.45) is 11.3 Å². The van der Waals surface area contributed by atoms with Gasteiger partial charge in [-0.05, 0) is 31.7 Å². The molecule has 1 aliphatic carbocycles. The summed E-state index contributed by atoms with van der Waals surface area (Å²) in [5.41, 5.74) is -0.688. The van der Waals surface area contributed by atoms with Gasteiger partial charge < -0.3 is 20.3 Å². The van der Waals surface area contributed by atoms with E-state index in [4.69, 9.17) is 9.72 Å². The zero-order valence-corrected chi connectivity index (χ0v) is 25.4. The molecular formula is C29H36F4N8O4. The number of halogens is 4. The zero-order chi connectivity index (χ0) is 32.7. The van der Waals surface area contributed by atoms with Gasteiger partial charge in [0, 0.05) is 58.6 Å². The number of hydrogen-bond donors (Lipinski definition) is 2. The van der Waals surface area contributed by atoms with Crippen LogP contribution in [0.3, 0.4) is 0 Å². The molecule has 244 valence electrons. The minimum absolute atomic E-state index is 0.144. The van der Waals surface area contributed by atoms with E-state index in [-0.39, 0.29) is 37.3 Å². The first-order valence-electron chi connectivity index (χ1n) is 14.7. The second kappa shape index (κ2) is 11.9. The molecule has 0 radical (unpaired) electrons. The highest BCUT2D eigenvalue weighted by Gasteiger charge is 2.57. The summed E-state index contributed by atoms with van der Waals surface area (Å²) in [6.07, 6.45) is 1.10. The number of aryl methyl sites for hydroxylation is 1. The third kappa shape index (κ3) is 6.31. The van der Waals surface area contributed by atoms with Gasteiger partial charge in [0.2, 0.25) is 11.8 Å². The van der Waals surface area contributed by atoms with Gasteiger partial charge in [-0.25, -0.2) is 27.1 Å². The third-order valence-electron chi connectivity index (χ3n) is 8.64. The molecule has 0 aromatic carbocycles. The van der Waals surface area contributed by atoms with Crippen LogP contribution in [0.4, 0.5) is 23.2 Å². The Balaban J connectivity index is 1.56. The molecule has 2 amide bonds. The second-order valence-corrected chi connectivity index (χ2v) is 12.0. The van der Waals surface area contributed by atoms with Gasteiger partial charge in [0.05, 0.1) is 43.0 Å². The number of nitrogens with one attached hydrogen (secondary N) is 2. The van der Waals surface area contributed by atoms with Gasteiger partial charge in [-0.15, -0.1) is 0 Å². The number of anilines is 1. The molecule has 3 aromatic rings. The van der Waals surface area contributed by atoms with Crippen LogP contribution in [-0.2, 0) is 27.3 Å². The summed E-state index contributed by atoms with van der Waals surface area (Å²) in [6, 6.07) is 2.43. The Bertz CT molecular complexity index is 1590. The Kier molecular flexibility index (Phi) is 8.53. The van der Waals surface area contributed by atoms with E-state index < -0.39 is 60.5 Å². The number of hydrogen-bond acceptors (Lipinski definition) is 8. The lowest BCUT2D eigenvalue weighted by atomic mass is 9.74. The van der Waals surface area contributed by atoms with Crippen LogP contribution in [-0.4, -0.2) is 81.8 Å². The van der Waals surface area contributed by atoms with E-state index in [2.05, 4.69) is 20.8 Å². The number of ether oxygens (including phenoxy) is 1. The number of methoxy groups -OCH3 is 1. The molecular weight excluding hydrogens is 600 g/mol. The number of aromatic nitrogens is 5. The van der Waals surface area contributed by atoms with Gasteiger partial charge in [-0.1, -0.05) is 0 Å². The van der Waals surface area contributed by atoms with Gasteiger partial charge in [-0.2, -0.15) is 10.2 Å². The second-order valence-electron chi connectivity index (χ2n) is 12.0. The van der Waals surface area contributed by atoms with Crippen LogP contribution in [0.15, 0.2) is 24.5 Å². The number of esters is 1. The van der Waals surface area contributed by atoms with Crippen LogP contribution >= 0.6 is 0 Å². The lowest BCUT2D eigenvalue weighted by molar-refractivity contribution is -0.172. The van der Waals surface area contributed by atoms with Crippen LogP contribution in [0.25, 0.3) is 5.65 Å². The molecule has 2 aliphatic rings. The molecule has 4 heterocycles. The molecule has 1 saturated heterocycles. The standard InChI is InChI=1S/C29H36F4N8O4/c1-5-40-20(8-11-35-40)24(42)37-23(17-6-9-28(30,31)10-7-17)19-14-41-22(36-19)12-21(39(2)3)18(38-41)13-27(26(44)45-4)15-29(32,33)16-34-25(27)43/h8,11-12,14,17,23H,5-7,9-10,13,15-16H2,1-4H3,(H,34,43)(H,37,42). The topological polar surface area (TPSA) is 136 Å². The molecule has 1 saturated carbocycles. The Morgan fingerprint density at radius 1 is 1.20 bits per heavy atom. The monoisotopic (exact) mass is 636 g/mol. The van der Waals surface area contributed by atoms with Crippen molar-refractivity contribution in [2.75, 3.05) is 32.6 Å². The van der Waals surface area contributed by atoms with Crippen LogP contribution in [0, 0.1) is 11.3 Å². The van der Waals surface area contributed by atoms with E-state index in [1.807, 2.05) is 6.92 Å². The van der Waals surface area contributed by atoms with Gasteiger partial charge in [0.25, 0.3) is 11.8 Å². The molecule has 2 fully saturated rings. The molecule has 45 heavy (non-hydrogen) atoms. The zero-order valence-electron chi connectivity index (χ0n) is 25.4. The quantitative estimate of drug-likeness (QED) is 0.208. The van der Waals surface area contributed by atoms with Crippen LogP contribution in [0.5, 0.6) is 0 Å². The molecule has 2 atom stereocenters. The average Bonchev–Trinajstić information content (AvgIpc) is 3.63. The van der Waals surface area contributed by atoms with Crippen molar-refractivity contribution in [3.63, 3.8) is 0 Å². The van der Waals surface area contributed by atoms with E-state index in [9.17, 15) is 31.9 Å². The average molecular weight is 637 g/mol. The molecule has 2 unspecified atom stereocenters. The van der Waals surface area contributed by atoms with Crippen LogP contribution < -0.4 is 15.5 Å². The third-order valence-corrected chi connectivity index (χ3v) is 8.64. The summed E-state index contributed by atoms with van der Waals surface area (Å²) in [6.45, 7) is 1.38. The fourth-order valence-corrected chi connectivity index (χ4v) is 6.28. The summed E-state index contributed by atoms with van der Waals surface area (Å²) < 4.78 is 65.1. The first kappa shape index (κ1) is 32.2. The Hall–Kier alpha value is -4.24. The summed E-state index contributed by atoms with van der Waals surface area (Å²) in [7, 11) is 4.39. The lowest BCUT2D eigenvalue weighted by Crippen LogP contribution is -2.59. The predicted molar refractivity (Wildman–Crippen MR) is 153 cm³/mol. The first-order chi connectivity index (χ1) is 21.2. The van der Waals surface area contributed by atoms with Crippen molar-refractivity contribution >= 4 is 29.1 Å². The highest BCUT2D eigenvalue weighted by atomic mass is 19.3. The number of fused-ring (bicyclic) bond motifs is 1. The van der Waals surface area contributed by atoms with E-state index in [0.717, 1.165) is 7.11 Å². The molecule has 12 nitrogen and oxygen atoms in total. The van der Waals surface area contributed by atoms with E-state index in [1.54, 1.807) is 31.1 Å². The van der Waals surface area contributed by atoms with Gasteiger partial charge >= 0.3 is 5.97 Å². The first-order valence-corrected chi connectivity index (χ1v) is 14.7. The molecule has 2 N–H and O–H groups in total. The predicted octanol–water partition coefficient (Wildman–Crippen LogP) is 3.17. The normalized spacial score (nSPS) is 22.1. The highest BCUT2D eigenvalue weighted by Crippen LogP contribution is 2.43. The molecule has 16 heteroatoms. The number of amides is 2. The maximum absolute atomic E-state index is 14.6. The molecule has 3 aromatic heterocycles. The number of carbonyl (C=O) groups excluding carboxylic acids is 3. The van der Waals surface area contributed by atoms with Gasteiger partial charge in [0.1, 0.15) is 5.69 Å². The Labute approximate surface area is 256 Å². The van der Waals surface area contributed by atoms with E-state index in [1.165, 1.54) is 21.6 Å². The largest absolute Gasteiger partial charge is 0.468 e. The van der Waals surface area contributed by atoms with Crippen molar-refractivity contribution in [3.05, 3.63) is 41.6 Å². The van der Waals surface area contributed by atoms with Gasteiger partial charge in [-0.3, -0.25) is 19.1 Å². The van der Waals surface area contributed by atoms with Gasteiger partial charge in [0.15, 0.2) is 11.1 Å². The number of piperidine rings is 1. The summed E-state index contributed by atoms with van der Waals surface area (Å²) in [4.78, 5) is 45.6. The fraction of sp³-hybridized carbons (Fsp3) is 0.586. The summed E-state index contributed by atoms with van der Waals surface area (Å²) in [5, 5.41) is 13.8. The van der Waals surface area contributed by atoms with E-state index >= 15 is 0 Å². The Morgan fingerprint density at radius 2 is 1.91 bits per heavy atom. The van der Waals surface area contributed by atoms with Crippen LogP contribution in [0.1, 0.15) is 66.9 Å². The summed E-state index contributed by atoms with van der Waals surface area (Å²) >= 11 is 0. The molecule has 1 aliphatic heterocycles. The molecule has 5 rings (SSSR count). The number of alkyl halides is 4. The fourth-order valence-electron chi connectivity index (χ4n) is 6.28. The lowest BCUT2D eigenvalue weighted by Gasteiger charge is -2.37. The summed E-state index contributed by atoms with van der Waals surface area (Å²) in [5.74, 6) is -8.95. The van der Waals surface area contributed by atoms with Crippen molar-refractivity contribution in [2.45, 2.75) is 69.9 Å². The van der Waals surface area contributed by atoms with Crippen molar-refractivity contribution < 1.29 is 36.7 Å². The van der Waals surface area contributed by atoms with Crippen molar-refractivity contribution in [1.29, 1.82) is 0 Å². The number of rotatable bonds is 9. The number of imidazole rings is 1. The SMILES string of the molecule is CCn1nccc1C(=O)NC(c1cn2nc(CC3(C(=O)OC)CC(F)(F)CNC3=O)c(N(C)C)cc2n1)C1CCC(F)(F)CC1. The van der Waals surface area contributed by atoms with Crippen molar-refractivity contribution in [1.82, 2.24) is 35.0 Å². The number of carbonyl (C=O) groups is 3. The minimum Gasteiger partial charge on any atom is -0.468 e. The maximum atomic E-state index is 14.6. The maximum Gasteiger partial charge on any atom is 0.322 e. The van der Waals surface area contributed by atoms with Crippen molar-refractivity contribution in [3.8, 4) is 0 Å². The number of nitrogens with zero attached hydrogens (tertiary/aromatic N) is 6. The van der Waals surface area contributed by atoms with E-state index in [0.29, 0.717) is 29.3 Å².